The molecule has 1 fully saturated rings. The Balaban J connectivity index is 1.69. The summed E-state index contributed by atoms with van der Waals surface area (Å²) in [6.45, 7) is 4.27. The lowest BCUT2D eigenvalue weighted by Gasteiger charge is -2.09. The van der Waals surface area contributed by atoms with Gasteiger partial charge in [-0.15, -0.1) is 0 Å². The van der Waals surface area contributed by atoms with Gasteiger partial charge in [0.15, 0.2) is 0 Å². The topological polar surface area (TPSA) is 59.0 Å². The summed E-state index contributed by atoms with van der Waals surface area (Å²) in [7, 11) is 0. The Morgan fingerprint density at radius 3 is 2.95 bits per heavy atom. The number of rotatable bonds is 7. The molecule has 1 aromatic heterocycles. The molecule has 2 aromatic rings. The Labute approximate surface area is 124 Å². The summed E-state index contributed by atoms with van der Waals surface area (Å²) < 4.78 is 2.08. The Morgan fingerprint density at radius 1 is 1.38 bits per heavy atom. The van der Waals surface area contributed by atoms with Crippen LogP contribution in [-0.2, 0) is 11.3 Å². The highest BCUT2D eigenvalue weighted by atomic mass is 16.2. The van der Waals surface area contributed by atoms with Crippen LogP contribution in [0.4, 0.5) is 5.95 Å². The van der Waals surface area contributed by atoms with Crippen LogP contribution in [0.15, 0.2) is 24.3 Å². The fraction of sp³-hybridized carbons (Fsp3) is 0.500. The summed E-state index contributed by atoms with van der Waals surface area (Å²) in [6, 6.07) is 7.98. The second-order valence-electron chi connectivity index (χ2n) is 5.70. The third kappa shape index (κ3) is 3.42. The molecule has 1 saturated carbocycles. The number of carbonyl (C=O) groups is 1. The van der Waals surface area contributed by atoms with E-state index in [0.29, 0.717) is 12.5 Å². The van der Waals surface area contributed by atoms with Gasteiger partial charge in [0.25, 0.3) is 0 Å². The number of hydrogen-bond donors (Lipinski definition) is 2. The average molecular weight is 286 g/mol. The lowest BCUT2D eigenvalue weighted by Crippen LogP contribution is -2.30. The van der Waals surface area contributed by atoms with Crippen LogP contribution in [0.2, 0.25) is 0 Å². The van der Waals surface area contributed by atoms with Crippen molar-refractivity contribution in [1.29, 1.82) is 0 Å². The molecular formula is C16H22N4O. The van der Waals surface area contributed by atoms with E-state index in [0.717, 1.165) is 36.5 Å². The van der Waals surface area contributed by atoms with Crippen LogP contribution in [0, 0.1) is 5.92 Å². The molecule has 21 heavy (non-hydrogen) atoms. The Bertz CT molecular complexity index is 630. The highest BCUT2D eigenvalue weighted by molar-refractivity contribution is 5.92. The first kappa shape index (κ1) is 14.1. The molecule has 112 valence electrons. The molecule has 5 nitrogen and oxygen atoms in total. The second-order valence-corrected chi connectivity index (χ2v) is 5.70. The van der Waals surface area contributed by atoms with E-state index in [-0.39, 0.29) is 5.91 Å². The molecule has 0 spiro atoms. The van der Waals surface area contributed by atoms with E-state index in [9.17, 15) is 4.79 Å². The smallest absolute Gasteiger partial charge is 0.240 e. The number of hydrogen-bond acceptors (Lipinski definition) is 3. The third-order valence-corrected chi connectivity index (χ3v) is 3.77. The number of fused-ring (bicyclic) bond motifs is 1. The van der Waals surface area contributed by atoms with Crippen molar-refractivity contribution >= 4 is 22.9 Å². The van der Waals surface area contributed by atoms with Gasteiger partial charge in [-0.1, -0.05) is 19.1 Å². The normalized spacial score (nSPS) is 14.5. The highest BCUT2D eigenvalue weighted by Gasteiger charge is 2.20. The Kier molecular flexibility index (Phi) is 4.20. The van der Waals surface area contributed by atoms with Gasteiger partial charge in [-0.3, -0.25) is 10.1 Å². The predicted molar refractivity (Wildman–Crippen MR) is 84.2 cm³/mol. The minimum atomic E-state index is -0.0247. The van der Waals surface area contributed by atoms with Gasteiger partial charge < -0.3 is 9.88 Å². The molecule has 5 heteroatoms. The van der Waals surface area contributed by atoms with Gasteiger partial charge in [-0.25, -0.2) is 4.98 Å². The first-order valence-corrected chi connectivity index (χ1v) is 7.73. The molecule has 0 radical (unpaired) electrons. The quantitative estimate of drug-likeness (QED) is 0.821. The first-order chi connectivity index (χ1) is 10.3. The van der Waals surface area contributed by atoms with Crippen LogP contribution in [-0.4, -0.2) is 28.5 Å². The standard InChI is InChI=1S/C16H22N4O/c1-2-9-20-14-6-4-3-5-13(14)18-16(20)19-15(21)11-17-10-12-7-8-12/h3-6,12,17H,2,7-11H2,1H3,(H,18,19,21). The number of aryl methyl sites for hydroxylation is 1. The van der Waals surface area contributed by atoms with Gasteiger partial charge in [0.2, 0.25) is 11.9 Å². The van der Waals surface area contributed by atoms with Gasteiger partial charge >= 0.3 is 0 Å². The Hall–Kier alpha value is -1.88. The minimum Gasteiger partial charge on any atom is -0.310 e. The van der Waals surface area contributed by atoms with Gasteiger partial charge in [-0.05, 0) is 43.9 Å². The van der Waals surface area contributed by atoms with Crippen LogP contribution in [0.3, 0.4) is 0 Å². The number of aromatic nitrogens is 2. The number of nitrogens with one attached hydrogen (secondary N) is 2. The zero-order chi connectivity index (χ0) is 14.7. The second kappa shape index (κ2) is 6.26. The van der Waals surface area contributed by atoms with E-state index in [1.807, 2.05) is 24.3 Å². The number of para-hydroxylation sites is 2. The van der Waals surface area contributed by atoms with Crippen molar-refractivity contribution in [2.24, 2.45) is 5.92 Å². The zero-order valence-electron chi connectivity index (χ0n) is 12.4. The van der Waals surface area contributed by atoms with Gasteiger partial charge in [0.1, 0.15) is 0 Å². The van der Waals surface area contributed by atoms with Crippen LogP contribution in [0.1, 0.15) is 26.2 Å². The lowest BCUT2D eigenvalue weighted by atomic mass is 10.3. The van der Waals surface area contributed by atoms with E-state index in [1.165, 1.54) is 12.8 Å². The monoisotopic (exact) mass is 286 g/mol. The SMILES string of the molecule is CCCn1c(NC(=O)CNCC2CC2)nc2ccccc21. The predicted octanol–water partition coefficient (Wildman–Crippen LogP) is 2.38. The van der Waals surface area contributed by atoms with Crippen molar-refractivity contribution in [2.45, 2.75) is 32.7 Å². The van der Waals surface area contributed by atoms with Crippen LogP contribution >= 0.6 is 0 Å². The molecule has 0 atom stereocenters. The number of amides is 1. The summed E-state index contributed by atoms with van der Waals surface area (Å²) >= 11 is 0. The van der Waals surface area contributed by atoms with Crippen LogP contribution < -0.4 is 10.6 Å². The minimum absolute atomic E-state index is 0.0247. The fourth-order valence-electron chi connectivity index (χ4n) is 2.50. The summed E-state index contributed by atoms with van der Waals surface area (Å²) in [4.78, 5) is 16.6. The molecule has 0 saturated heterocycles. The van der Waals surface area contributed by atoms with E-state index < -0.39 is 0 Å². The molecule has 3 rings (SSSR count). The van der Waals surface area contributed by atoms with E-state index in [4.69, 9.17) is 0 Å². The summed E-state index contributed by atoms with van der Waals surface area (Å²) in [5.41, 5.74) is 1.99. The largest absolute Gasteiger partial charge is 0.310 e. The third-order valence-electron chi connectivity index (χ3n) is 3.77. The summed E-state index contributed by atoms with van der Waals surface area (Å²) in [6.07, 6.45) is 3.59. The molecule has 1 aliphatic rings. The average Bonchev–Trinajstić information content (AvgIpc) is 3.23. The maximum absolute atomic E-state index is 12.0. The zero-order valence-corrected chi connectivity index (χ0v) is 12.4. The first-order valence-electron chi connectivity index (χ1n) is 7.73. The summed E-state index contributed by atoms with van der Waals surface area (Å²) in [5.74, 6) is 1.40. The molecule has 2 N–H and O–H groups in total. The van der Waals surface area contributed by atoms with E-state index >= 15 is 0 Å². The van der Waals surface area contributed by atoms with Crippen molar-refractivity contribution in [3.8, 4) is 0 Å². The highest BCUT2D eigenvalue weighted by Crippen LogP contribution is 2.27. The van der Waals surface area contributed by atoms with E-state index in [2.05, 4.69) is 27.1 Å². The number of carbonyl (C=O) groups excluding carboxylic acids is 1. The Morgan fingerprint density at radius 2 is 2.19 bits per heavy atom. The molecule has 0 aliphatic heterocycles. The fourth-order valence-corrected chi connectivity index (χ4v) is 2.50. The molecule has 1 aromatic carbocycles. The number of benzene rings is 1. The summed E-state index contributed by atoms with van der Waals surface area (Å²) in [5, 5.41) is 6.13. The molecule has 1 heterocycles. The van der Waals surface area contributed by atoms with Gasteiger partial charge in [-0.2, -0.15) is 0 Å². The lowest BCUT2D eigenvalue weighted by molar-refractivity contribution is -0.115. The van der Waals surface area contributed by atoms with Crippen molar-refractivity contribution in [3.05, 3.63) is 24.3 Å². The van der Waals surface area contributed by atoms with Crippen LogP contribution in [0.25, 0.3) is 11.0 Å². The molecule has 1 amide bonds. The maximum atomic E-state index is 12.0. The van der Waals surface area contributed by atoms with Crippen molar-refractivity contribution < 1.29 is 4.79 Å². The van der Waals surface area contributed by atoms with Crippen molar-refractivity contribution in [1.82, 2.24) is 14.9 Å². The number of nitrogens with zero attached hydrogens (tertiary/aromatic N) is 2. The van der Waals surface area contributed by atoms with Gasteiger partial charge in [0.05, 0.1) is 17.6 Å². The molecular weight excluding hydrogens is 264 g/mol. The molecule has 0 bridgehead atoms. The maximum Gasteiger partial charge on any atom is 0.240 e. The van der Waals surface area contributed by atoms with Crippen LogP contribution in [0.5, 0.6) is 0 Å². The number of imidazole rings is 1. The molecule has 0 unspecified atom stereocenters. The van der Waals surface area contributed by atoms with Gasteiger partial charge in [0, 0.05) is 6.54 Å². The van der Waals surface area contributed by atoms with Crippen molar-refractivity contribution in [2.75, 3.05) is 18.4 Å². The number of anilines is 1. The molecule has 1 aliphatic carbocycles. The van der Waals surface area contributed by atoms with Crippen molar-refractivity contribution in [3.63, 3.8) is 0 Å². The van der Waals surface area contributed by atoms with E-state index in [1.54, 1.807) is 0 Å².